The fraction of sp³-hybridized carbons (Fsp3) is 0.538. The zero-order valence-electron chi connectivity index (χ0n) is 11.8. The van der Waals surface area contributed by atoms with Crippen LogP contribution in [0.2, 0.25) is 10.0 Å². The van der Waals surface area contributed by atoms with Crippen molar-refractivity contribution in [1.82, 2.24) is 4.98 Å². The minimum atomic E-state index is -1.02. The second-order valence-electron chi connectivity index (χ2n) is 4.48. The number of pyridine rings is 1. The van der Waals surface area contributed by atoms with Gasteiger partial charge in [-0.2, -0.15) is 9.37 Å². The Bertz CT molecular complexity index is 515. The van der Waals surface area contributed by atoms with Crippen LogP contribution in [0.5, 0.6) is 5.88 Å². The molecule has 0 saturated heterocycles. The summed E-state index contributed by atoms with van der Waals surface area (Å²) in [6.45, 7) is 3.40. The molecule has 0 spiro atoms. The standard InChI is InChI=1S/C13H17Cl2FN2O3/c1-3-4-5-7(2)21-8(19)6-20-13-10(15)11(17)9(14)12(16)18-13/h7H,3-6H2,1-2H3,(H2,17,18). The molecule has 1 unspecified atom stereocenters. The fourth-order valence-corrected chi connectivity index (χ4v) is 1.92. The lowest BCUT2D eigenvalue weighted by Crippen LogP contribution is -2.21. The van der Waals surface area contributed by atoms with Crippen molar-refractivity contribution >= 4 is 34.9 Å². The molecule has 0 aliphatic carbocycles. The summed E-state index contributed by atoms with van der Waals surface area (Å²) in [5.41, 5.74) is 5.30. The maximum atomic E-state index is 13.3. The van der Waals surface area contributed by atoms with Crippen LogP contribution in [0.4, 0.5) is 10.1 Å². The first-order valence-electron chi connectivity index (χ1n) is 6.49. The van der Waals surface area contributed by atoms with Gasteiger partial charge in [0.1, 0.15) is 10.0 Å². The van der Waals surface area contributed by atoms with E-state index in [0.29, 0.717) is 0 Å². The molecule has 0 fully saturated rings. The van der Waals surface area contributed by atoms with Crippen molar-refractivity contribution in [3.05, 3.63) is 16.0 Å². The van der Waals surface area contributed by atoms with Gasteiger partial charge in [0.25, 0.3) is 0 Å². The number of rotatable bonds is 7. The number of aromatic nitrogens is 1. The van der Waals surface area contributed by atoms with E-state index in [0.717, 1.165) is 19.3 Å². The highest BCUT2D eigenvalue weighted by Gasteiger charge is 2.18. The summed E-state index contributed by atoms with van der Waals surface area (Å²) in [7, 11) is 0. The minimum absolute atomic E-state index is 0.145. The Morgan fingerprint density at radius 1 is 1.43 bits per heavy atom. The van der Waals surface area contributed by atoms with Crippen LogP contribution in [0.15, 0.2) is 0 Å². The molecule has 5 nitrogen and oxygen atoms in total. The van der Waals surface area contributed by atoms with Gasteiger partial charge in [0.15, 0.2) is 6.61 Å². The van der Waals surface area contributed by atoms with Gasteiger partial charge in [-0.25, -0.2) is 4.79 Å². The van der Waals surface area contributed by atoms with Crippen LogP contribution in [0, 0.1) is 5.95 Å². The van der Waals surface area contributed by atoms with Crippen molar-refractivity contribution < 1.29 is 18.7 Å². The molecule has 0 radical (unpaired) electrons. The van der Waals surface area contributed by atoms with Gasteiger partial charge in [0, 0.05) is 0 Å². The number of carbonyl (C=O) groups is 1. The number of nitrogens with zero attached hydrogens (tertiary/aromatic N) is 1. The number of anilines is 1. The highest BCUT2D eigenvalue weighted by atomic mass is 35.5. The first kappa shape index (κ1) is 17.8. The van der Waals surface area contributed by atoms with Crippen LogP contribution in [0.3, 0.4) is 0 Å². The largest absolute Gasteiger partial charge is 0.464 e. The molecule has 1 aromatic rings. The molecule has 1 rings (SSSR count). The normalized spacial score (nSPS) is 12.0. The molecule has 0 aromatic carbocycles. The highest BCUT2D eigenvalue weighted by Crippen LogP contribution is 2.35. The zero-order valence-corrected chi connectivity index (χ0v) is 13.3. The van der Waals surface area contributed by atoms with E-state index in [-0.39, 0.29) is 27.7 Å². The molecule has 0 aliphatic rings. The summed E-state index contributed by atoms with van der Waals surface area (Å²) in [5.74, 6) is -1.90. The van der Waals surface area contributed by atoms with Crippen molar-refractivity contribution in [2.75, 3.05) is 12.3 Å². The van der Waals surface area contributed by atoms with Gasteiger partial charge in [-0.05, 0) is 13.3 Å². The van der Waals surface area contributed by atoms with Gasteiger partial charge in [-0.3, -0.25) is 0 Å². The van der Waals surface area contributed by atoms with Gasteiger partial charge >= 0.3 is 5.97 Å². The molecule has 2 N–H and O–H groups in total. The van der Waals surface area contributed by atoms with Gasteiger partial charge < -0.3 is 15.2 Å². The van der Waals surface area contributed by atoms with E-state index in [9.17, 15) is 9.18 Å². The predicted octanol–water partition coefficient (Wildman–Crippen LogP) is 3.61. The quantitative estimate of drug-likeness (QED) is 0.607. The van der Waals surface area contributed by atoms with Crippen molar-refractivity contribution in [3.8, 4) is 5.88 Å². The molecular weight excluding hydrogens is 322 g/mol. The summed E-state index contributed by atoms with van der Waals surface area (Å²) >= 11 is 11.4. The average molecular weight is 339 g/mol. The molecular formula is C13H17Cl2FN2O3. The molecule has 0 bridgehead atoms. The molecule has 0 amide bonds. The molecule has 0 saturated carbocycles. The molecule has 118 valence electrons. The molecule has 8 heteroatoms. The number of unbranched alkanes of at least 4 members (excludes halogenated alkanes) is 1. The smallest absolute Gasteiger partial charge is 0.344 e. The molecule has 0 aliphatic heterocycles. The predicted molar refractivity (Wildman–Crippen MR) is 79.2 cm³/mol. The fourth-order valence-electron chi connectivity index (χ4n) is 1.54. The lowest BCUT2D eigenvalue weighted by molar-refractivity contribution is -0.151. The number of ether oxygens (including phenoxy) is 2. The number of hydrogen-bond donors (Lipinski definition) is 1. The number of nitrogen functional groups attached to an aromatic ring is 1. The number of carbonyl (C=O) groups excluding carboxylic acids is 1. The van der Waals surface area contributed by atoms with Crippen LogP contribution in [-0.4, -0.2) is 23.7 Å². The van der Waals surface area contributed by atoms with E-state index in [1.165, 1.54) is 0 Å². The van der Waals surface area contributed by atoms with Gasteiger partial charge in [-0.15, -0.1) is 0 Å². The number of hydrogen-bond acceptors (Lipinski definition) is 5. The van der Waals surface area contributed by atoms with E-state index >= 15 is 0 Å². The maximum absolute atomic E-state index is 13.3. The van der Waals surface area contributed by atoms with Crippen LogP contribution in [-0.2, 0) is 9.53 Å². The lowest BCUT2D eigenvalue weighted by Gasteiger charge is -2.13. The SMILES string of the molecule is CCCCC(C)OC(=O)COc1nc(F)c(Cl)c(N)c1Cl. The minimum Gasteiger partial charge on any atom is -0.464 e. The van der Waals surface area contributed by atoms with Crippen molar-refractivity contribution in [3.63, 3.8) is 0 Å². The monoisotopic (exact) mass is 338 g/mol. The second kappa shape index (κ2) is 8.24. The van der Waals surface area contributed by atoms with Crippen molar-refractivity contribution in [2.24, 2.45) is 0 Å². The van der Waals surface area contributed by atoms with E-state index in [4.69, 9.17) is 38.4 Å². The Kier molecular flexibility index (Phi) is 6.98. The van der Waals surface area contributed by atoms with E-state index in [2.05, 4.69) is 4.98 Å². The first-order valence-corrected chi connectivity index (χ1v) is 7.24. The van der Waals surface area contributed by atoms with E-state index < -0.39 is 18.5 Å². The Morgan fingerprint density at radius 2 is 2.10 bits per heavy atom. The maximum Gasteiger partial charge on any atom is 0.344 e. The Morgan fingerprint density at radius 3 is 2.71 bits per heavy atom. The third-order valence-corrected chi connectivity index (χ3v) is 3.39. The Hall–Kier alpha value is -1.27. The number of halogens is 3. The van der Waals surface area contributed by atoms with Crippen molar-refractivity contribution in [2.45, 2.75) is 39.2 Å². The van der Waals surface area contributed by atoms with Gasteiger partial charge in [0.2, 0.25) is 11.8 Å². The van der Waals surface area contributed by atoms with Crippen LogP contribution in [0.1, 0.15) is 33.1 Å². The summed E-state index contributed by atoms with van der Waals surface area (Å²) in [6.07, 6.45) is 2.53. The Balaban J connectivity index is 2.58. The highest BCUT2D eigenvalue weighted by molar-refractivity contribution is 6.39. The zero-order chi connectivity index (χ0) is 16.0. The summed E-state index contributed by atoms with van der Waals surface area (Å²) < 4.78 is 23.5. The summed E-state index contributed by atoms with van der Waals surface area (Å²) in [6, 6.07) is 0. The summed E-state index contributed by atoms with van der Waals surface area (Å²) in [4.78, 5) is 15.0. The third kappa shape index (κ3) is 5.21. The van der Waals surface area contributed by atoms with Crippen LogP contribution < -0.4 is 10.5 Å². The first-order chi connectivity index (χ1) is 9.86. The molecule has 1 aromatic heterocycles. The third-order valence-electron chi connectivity index (χ3n) is 2.67. The average Bonchev–Trinajstić information content (AvgIpc) is 2.45. The van der Waals surface area contributed by atoms with Gasteiger partial charge in [-0.1, -0.05) is 43.0 Å². The van der Waals surface area contributed by atoms with Crippen LogP contribution in [0.25, 0.3) is 0 Å². The van der Waals surface area contributed by atoms with E-state index in [1.807, 2.05) is 6.92 Å². The molecule has 21 heavy (non-hydrogen) atoms. The molecule has 1 heterocycles. The van der Waals surface area contributed by atoms with Gasteiger partial charge in [0.05, 0.1) is 11.8 Å². The number of nitrogens with two attached hydrogens (primary N) is 1. The second-order valence-corrected chi connectivity index (χ2v) is 5.24. The van der Waals surface area contributed by atoms with Crippen molar-refractivity contribution in [1.29, 1.82) is 0 Å². The lowest BCUT2D eigenvalue weighted by atomic mass is 10.2. The summed E-state index contributed by atoms with van der Waals surface area (Å²) in [5, 5.41) is -0.531. The van der Waals surface area contributed by atoms with E-state index in [1.54, 1.807) is 6.92 Å². The van der Waals surface area contributed by atoms with Crippen LogP contribution >= 0.6 is 23.2 Å². The number of esters is 1. The Labute approximate surface area is 132 Å². The molecule has 1 atom stereocenters. The topological polar surface area (TPSA) is 74.4 Å².